The molecule has 6 heterocycles. The van der Waals surface area contributed by atoms with E-state index in [4.69, 9.17) is 56.8 Å². The van der Waals surface area contributed by atoms with Gasteiger partial charge in [0.05, 0.1) is 70.0 Å². The molecule has 0 aromatic heterocycles. The molecule has 0 aliphatic carbocycles. The number of carboxylic acid groups (broad SMARTS) is 1. The molecule has 0 radical (unpaired) electrons. The molecule has 0 aromatic carbocycles. The van der Waals surface area contributed by atoms with Crippen molar-refractivity contribution < 1.29 is 173 Å². The van der Waals surface area contributed by atoms with E-state index in [0.717, 1.165) is 65.2 Å². The number of ether oxygens (including phenoxy) is 12. The lowest BCUT2D eigenvalue weighted by Gasteiger charge is -2.52. The lowest BCUT2D eigenvalue weighted by molar-refractivity contribution is -0.399. The number of allylic oxidation sites excluding steroid dienone is 1. The number of carboxylic acids is 1. The van der Waals surface area contributed by atoms with Crippen LogP contribution >= 0.6 is 0 Å². The van der Waals surface area contributed by atoms with Crippen LogP contribution in [0.15, 0.2) is 12.2 Å². The highest BCUT2D eigenvalue weighted by molar-refractivity contribution is 5.77. The summed E-state index contributed by atoms with van der Waals surface area (Å²) >= 11 is 0. The highest BCUT2D eigenvalue weighted by atomic mass is 16.8. The number of carbonyl (C=O) groups excluding carboxylic acids is 3. The van der Waals surface area contributed by atoms with Crippen molar-refractivity contribution in [2.75, 3.05) is 39.6 Å². The summed E-state index contributed by atoms with van der Waals surface area (Å²) in [5.74, 6) is -7.56. The SMILES string of the molecule is CCCCCCCCCCCCC/C=C/C(O)C(CO[C@@H]1O[C@H](CO)[C@@H](O[C@@H]2O[C@H](CO)[C@H](O)[C@H](O[C@@H]3O[C@H](CO)[C@@H](O[C@@H]4O[C@H](CO)[C@H](O)[C@H](O[C@]5(C(=O)O)C[C@H](O)[C@@H](NC(C)=O)[C@H]([C@H](O)[C@H](O)CO)O5)[C@H]4O)[C@H](O[C@@H]4O[C@@H](C)[C@@H](O)[C@@H](O)[C@@H]4O)[C@H]3NC(C)=O)[C@H]2O)[C@H](O)[C@H]1O)NC(=O)CCCCCCCCCCCCCCCCCCCCCCCCC. The summed E-state index contributed by atoms with van der Waals surface area (Å²) in [7, 11) is 0. The van der Waals surface area contributed by atoms with Crippen molar-refractivity contribution in [2.24, 2.45) is 0 Å². The molecule has 2 unspecified atom stereocenters. The first-order chi connectivity index (χ1) is 60.0. The first kappa shape index (κ1) is 110. The van der Waals surface area contributed by atoms with Crippen molar-refractivity contribution in [3.8, 4) is 0 Å². The van der Waals surface area contributed by atoms with E-state index in [-0.39, 0.29) is 12.3 Å². The number of aliphatic carboxylic acids is 1. The second kappa shape index (κ2) is 59.1. The van der Waals surface area contributed by atoms with Crippen LogP contribution in [-0.2, 0) is 76.0 Å². The average molecular weight is 1810 g/mol. The minimum atomic E-state index is -3.28. The number of aliphatic hydroxyl groups is 18. The Morgan fingerprint density at radius 2 is 0.832 bits per heavy atom. The second-order valence-electron chi connectivity index (χ2n) is 34.9. The quantitative estimate of drug-likeness (QED) is 0.0297. The number of hydrogen-bond acceptors (Lipinski definition) is 34. The van der Waals surface area contributed by atoms with E-state index in [9.17, 15) is 116 Å². The van der Waals surface area contributed by atoms with Crippen molar-refractivity contribution in [2.45, 2.75) is 474 Å². The second-order valence-corrected chi connectivity index (χ2v) is 34.9. The van der Waals surface area contributed by atoms with Gasteiger partial charge in [0, 0.05) is 26.7 Å². The molecule has 22 N–H and O–H groups in total. The van der Waals surface area contributed by atoms with Crippen LogP contribution in [0.5, 0.6) is 0 Å². The lowest BCUT2D eigenvalue weighted by Crippen LogP contribution is -2.72. The third kappa shape index (κ3) is 34.8. The molecule has 38 heteroatoms. The number of aliphatic hydroxyl groups excluding tert-OH is 18. The Bertz CT molecular complexity index is 2960. The number of unbranched alkanes of at least 4 members (excludes halogenated alkanes) is 33. The predicted molar refractivity (Wildman–Crippen MR) is 447 cm³/mol. The smallest absolute Gasteiger partial charge is 0.364 e. The summed E-state index contributed by atoms with van der Waals surface area (Å²) in [6.45, 7) is 1.55. The van der Waals surface area contributed by atoms with Crippen LogP contribution in [0.4, 0.5) is 0 Å². The van der Waals surface area contributed by atoms with Crippen LogP contribution in [0.25, 0.3) is 0 Å². The maximum absolute atomic E-state index is 13.7. The summed E-state index contributed by atoms with van der Waals surface area (Å²) in [6.07, 6.45) is -15.1. The van der Waals surface area contributed by atoms with Gasteiger partial charge in [0.1, 0.15) is 134 Å². The van der Waals surface area contributed by atoms with E-state index in [0.29, 0.717) is 12.8 Å². The molecule has 0 spiro atoms. The molecule has 6 rings (SSSR count). The van der Waals surface area contributed by atoms with Gasteiger partial charge in [-0.1, -0.05) is 231 Å². The molecule has 6 aliphatic rings. The van der Waals surface area contributed by atoms with Crippen molar-refractivity contribution >= 4 is 23.7 Å². The Labute approximate surface area is 735 Å². The fourth-order valence-corrected chi connectivity index (χ4v) is 17.2. The highest BCUT2D eigenvalue weighted by Crippen LogP contribution is 2.41. The van der Waals surface area contributed by atoms with Crippen molar-refractivity contribution in [1.29, 1.82) is 0 Å². The van der Waals surface area contributed by atoms with Gasteiger partial charge in [-0.15, -0.1) is 0 Å². The van der Waals surface area contributed by atoms with Gasteiger partial charge >= 0.3 is 5.97 Å². The van der Waals surface area contributed by atoms with E-state index in [1.165, 1.54) is 167 Å². The molecule has 38 nitrogen and oxygen atoms in total. The molecule has 125 heavy (non-hydrogen) atoms. The topological polar surface area (TPSA) is 600 Å². The highest BCUT2D eigenvalue weighted by Gasteiger charge is 2.62. The predicted octanol–water partition coefficient (Wildman–Crippen LogP) is 0.930. The number of hydrogen-bond donors (Lipinski definition) is 22. The zero-order valence-electron chi connectivity index (χ0n) is 74.1. The first-order valence-electron chi connectivity index (χ1n) is 46.5. The van der Waals surface area contributed by atoms with E-state index in [1.54, 1.807) is 6.08 Å². The lowest BCUT2D eigenvalue weighted by atomic mass is 9.88. The minimum absolute atomic E-state index is 0.152. The molecule has 730 valence electrons. The van der Waals surface area contributed by atoms with Crippen LogP contribution in [0.3, 0.4) is 0 Å². The molecular formula is C87H157N3O35. The molecule has 6 fully saturated rings. The average Bonchev–Trinajstić information content (AvgIpc) is 0.801. The molecule has 33 atom stereocenters. The van der Waals surface area contributed by atoms with E-state index >= 15 is 0 Å². The third-order valence-electron chi connectivity index (χ3n) is 24.7. The van der Waals surface area contributed by atoms with Gasteiger partial charge in [0.2, 0.25) is 17.7 Å². The molecule has 3 amide bonds. The van der Waals surface area contributed by atoms with Crippen molar-refractivity contribution in [3.05, 3.63) is 12.2 Å². The number of carbonyl (C=O) groups is 4. The van der Waals surface area contributed by atoms with Gasteiger partial charge in [-0.3, -0.25) is 14.4 Å². The van der Waals surface area contributed by atoms with Crippen molar-refractivity contribution in [1.82, 2.24) is 16.0 Å². The Morgan fingerprint density at radius 1 is 0.432 bits per heavy atom. The van der Waals surface area contributed by atoms with Gasteiger partial charge in [0.25, 0.3) is 5.79 Å². The summed E-state index contributed by atoms with van der Waals surface area (Å²) in [5.41, 5.74) is 0. The van der Waals surface area contributed by atoms with Crippen molar-refractivity contribution in [3.63, 3.8) is 0 Å². The molecule has 0 saturated carbocycles. The molecule has 0 aromatic rings. The summed E-state index contributed by atoms with van der Waals surface area (Å²) in [5, 5.41) is 221. The number of amides is 3. The van der Waals surface area contributed by atoms with Gasteiger partial charge in [-0.05, 0) is 26.2 Å². The third-order valence-corrected chi connectivity index (χ3v) is 24.7. The first-order valence-corrected chi connectivity index (χ1v) is 46.5. The monoisotopic (exact) mass is 1800 g/mol. The van der Waals surface area contributed by atoms with Crippen LogP contribution in [0, 0.1) is 0 Å². The van der Waals surface area contributed by atoms with Gasteiger partial charge in [0.15, 0.2) is 31.5 Å². The van der Waals surface area contributed by atoms with Gasteiger partial charge in [-0.2, -0.15) is 0 Å². The summed E-state index contributed by atoms with van der Waals surface area (Å²) in [6, 6.07) is -4.81. The minimum Gasteiger partial charge on any atom is -0.477 e. The van der Waals surface area contributed by atoms with Crippen LogP contribution in [0.2, 0.25) is 0 Å². The number of rotatable bonds is 62. The molecule has 0 bridgehead atoms. The Morgan fingerprint density at radius 3 is 1.30 bits per heavy atom. The largest absolute Gasteiger partial charge is 0.477 e. The summed E-state index contributed by atoms with van der Waals surface area (Å²) < 4.78 is 72.3. The maximum Gasteiger partial charge on any atom is 0.364 e. The van der Waals surface area contributed by atoms with Gasteiger partial charge < -0.3 is 170 Å². The Balaban J connectivity index is 1.14. The fourth-order valence-electron chi connectivity index (χ4n) is 17.2. The summed E-state index contributed by atoms with van der Waals surface area (Å²) in [4.78, 5) is 52.9. The van der Waals surface area contributed by atoms with E-state index < -0.39 is 266 Å². The van der Waals surface area contributed by atoms with Crippen LogP contribution < -0.4 is 16.0 Å². The van der Waals surface area contributed by atoms with Crippen LogP contribution in [-0.4, -0.2) is 362 Å². The molecule has 6 aliphatic heterocycles. The molecule has 6 saturated heterocycles. The fraction of sp³-hybridized carbons (Fsp3) is 0.931. The molecular weight excluding hydrogens is 1650 g/mol. The van der Waals surface area contributed by atoms with Gasteiger partial charge in [-0.25, -0.2) is 4.79 Å². The Kier molecular flexibility index (Phi) is 52.1. The van der Waals surface area contributed by atoms with E-state index in [2.05, 4.69) is 29.8 Å². The van der Waals surface area contributed by atoms with Crippen LogP contribution in [0.1, 0.15) is 272 Å². The Hall–Kier alpha value is -3.58. The maximum atomic E-state index is 13.7. The normalized spacial score (nSPS) is 35.1. The standard InChI is InChI=1S/C87H157N3O35/c1-6-8-10-12-14-16-18-20-21-22-23-24-25-26-27-28-29-31-33-35-37-39-41-43-62(101)90-54(55(98)42-40-38-36-34-32-30-19-17-15-13-11-9-7-2)50-114-82-72(109)70(107)75(60(48-94)119-82)120-84-73(110)79(67(104)58(46-92)116-84)123-81-64(89-53(5)97)78(122-83-71(108)69(106)65(102)51(3)115-83)76(61(49-95)118-81)121-85-74(111)80(68(105)59(47-93)117-85)125-87(86(112)113)44-56(99)63(88-52(4)96)77(124-87)66(103)57(100)45-91/h40,42,51,54-61,63-85,91-95,98-100,102-111H,6-39,41,43-50H2,1-5H3,(H,88,96)(H,89,97)(H,90,101)(H,112,113)/b42-40+/t51-,54?,55?,56-,57+,58+,59+,60+,61+,63+,64+,65+,66+,67-,68-,69+,70+,71-,72+,73+,74+,75+,76+,77+,78+,79-,80-,81-,82+,83-,84-,85-,87-/m0/s1. The zero-order valence-corrected chi connectivity index (χ0v) is 74.1. The van der Waals surface area contributed by atoms with E-state index in [1.807, 2.05) is 6.08 Å². The number of nitrogens with one attached hydrogen (secondary N) is 3. The zero-order chi connectivity index (χ0) is 91.7.